The fourth-order valence-corrected chi connectivity index (χ4v) is 4.25. The summed E-state index contributed by atoms with van der Waals surface area (Å²) in [5.74, 6) is -1.50. The van der Waals surface area contributed by atoms with E-state index in [0.29, 0.717) is 25.6 Å². The first-order valence-corrected chi connectivity index (χ1v) is 11.2. The topological polar surface area (TPSA) is 130 Å². The minimum Gasteiger partial charge on any atom is -0.375 e. The molecule has 3 heterocycles. The lowest BCUT2D eigenvalue weighted by Crippen LogP contribution is -2.50. The van der Waals surface area contributed by atoms with Gasteiger partial charge < -0.3 is 25.8 Å². The summed E-state index contributed by atoms with van der Waals surface area (Å²) in [4.78, 5) is 44.6. The Bertz CT molecular complexity index is 995. The third-order valence-electron chi connectivity index (χ3n) is 6.30. The fourth-order valence-electron chi connectivity index (χ4n) is 4.25. The highest BCUT2D eigenvalue weighted by atomic mass is 19.4. The predicted molar refractivity (Wildman–Crippen MR) is 119 cm³/mol. The largest absolute Gasteiger partial charge is 0.417 e. The van der Waals surface area contributed by atoms with Crippen molar-refractivity contribution in [3.63, 3.8) is 0 Å². The third kappa shape index (κ3) is 6.60. The Kier molecular flexibility index (Phi) is 8.16. The van der Waals surface area contributed by atoms with Crippen LogP contribution in [0.4, 0.5) is 18.9 Å². The number of aromatic nitrogens is 1. The Morgan fingerprint density at radius 2 is 2.11 bits per heavy atom. The van der Waals surface area contributed by atoms with E-state index in [1.165, 1.54) is 11.1 Å². The van der Waals surface area contributed by atoms with E-state index in [1.807, 2.05) is 25.1 Å². The molecular formula is C22H28F3N7O3. The Morgan fingerprint density at radius 3 is 2.71 bits per heavy atom. The molecule has 2 saturated heterocycles. The maximum absolute atomic E-state index is 13.1. The molecule has 1 aromatic rings. The molecule has 190 valence electrons. The van der Waals surface area contributed by atoms with Crippen LogP contribution in [0.25, 0.3) is 0 Å². The molecule has 13 heteroatoms. The van der Waals surface area contributed by atoms with E-state index in [0.717, 1.165) is 6.07 Å². The molecule has 10 nitrogen and oxygen atoms in total. The zero-order valence-electron chi connectivity index (χ0n) is 19.4. The van der Waals surface area contributed by atoms with Crippen molar-refractivity contribution in [3.8, 4) is 6.07 Å². The van der Waals surface area contributed by atoms with Crippen molar-refractivity contribution in [2.75, 3.05) is 39.0 Å². The molecular weight excluding hydrogens is 467 g/mol. The molecule has 35 heavy (non-hydrogen) atoms. The molecule has 1 aromatic heterocycles. The van der Waals surface area contributed by atoms with Crippen molar-refractivity contribution in [3.05, 3.63) is 24.0 Å². The van der Waals surface area contributed by atoms with Crippen LogP contribution in [0.15, 0.2) is 18.5 Å². The van der Waals surface area contributed by atoms with Crippen molar-refractivity contribution in [1.82, 2.24) is 25.4 Å². The van der Waals surface area contributed by atoms with Crippen LogP contribution < -0.4 is 16.0 Å². The minimum atomic E-state index is -4.57. The highest BCUT2D eigenvalue weighted by Crippen LogP contribution is 2.30. The molecule has 4 atom stereocenters. The Morgan fingerprint density at radius 1 is 1.37 bits per heavy atom. The second-order valence-corrected chi connectivity index (χ2v) is 8.93. The lowest BCUT2D eigenvalue weighted by atomic mass is 9.98. The fraction of sp³-hybridized carbons (Fsp3) is 0.591. The molecule has 0 aliphatic carbocycles. The lowest BCUT2D eigenvalue weighted by Gasteiger charge is -2.25. The first-order chi connectivity index (χ1) is 16.5. The number of hydrogen-bond donors (Lipinski definition) is 3. The Hall–Kier alpha value is -3.40. The SMILES string of the molecule is CN(C)[C@@H]1C[C@@H](C(=O)N[C@H](C#N)C[C@@H]2CCNC2=O)N(C(=O)CNc2cncc(C(F)(F)F)c2)C1. The van der Waals surface area contributed by atoms with Crippen LogP contribution in [0.3, 0.4) is 0 Å². The van der Waals surface area contributed by atoms with E-state index in [9.17, 15) is 32.8 Å². The summed E-state index contributed by atoms with van der Waals surface area (Å²) in [6.45, 7) is 0.435. The molecule has 3 amide bonds. The number of anilines is 1. The van der Waals surface area contributed by atoms with Crippen molar-refractivity contribution >= 4 is 23.4 Å². The van der Waals surface area contributed by atoms with Crippen molar-refractivity contribution in [2.24, 2.45) is 5.92 Å². The number of likely N-dealkylation sites (tertiary alicyclic amines) is 1. The number of halogens is 3. The van der Waals surface area contributed by atoms with Gasteiger partial charge in [-0.15, -0.1) is 0 Å². The lowest BCUT2D eigenvalue weighted by molar-refractivity contribution is -0.137. The number of rotatable bonds is 8. The normalized spacial score (nSPS) is 23.1. The average molecular weight is 496 g/mol. The summed E-state index contributed by atoms with van der Waals surface area (Å²) in [5.41, 5.74) is -0.920. The summed E-state index contributed by atoms with van der Waals surface area (Å²) in [7, 11) is 3.63. The summed E-state index contributed by atoms with van der Waals surface area (Å²) in [5, 5.41) is 17.5. The highest BCUT2D eigenvalue weighted by Gasteiger charge is 2.41. The number of amides is 3. The van der Waals surface area contributed by atoms with Gasteiger partial charge in [0.05, 0.1) is 23.9 Å². The maximum atomic E-state index is 13.1. The number of nitriles is 1. The van der Waals surface area contributed by atoms with E-state index in [1.54, 1.807) is 0 Å². The van der Waals surface area contributed by atoms with Crippen molar-refractivity contribution in [2.45, 2.75) is 43.6 Å². The van der Waals surface area contributed by atoms with Gasteiger partial charge in [0.15, 0.2) is 0 Å². The summed E-state index contributed by atoms with van der Waals surface area (Å²) in [6.07, 6.45) is -1.61. The predicted octanol–water partition coefficient (Wildman–Crippen LogP) is 0.578. The number of likely N-dealkylation sites (N-methyl/N-ethyl adjacent to an activating group) is 1. The zero-order chi connectivity index (χ0) is 25.8. The number of pyridine rings is 1. The smallest absolute Gasteiger partial charge is 0.375 e. The number of hydrogen-bond acceptors (Lipinski definition) is 7. The molecule has 0 unspecified atom stereocenters. The van der Waals surface area contributed by atoms with Crippen LogP contribution in [0.5, 0.6) is 0 Å². The summed E-state index contributed by atoms with van der Waals surface area (Å²) >= 11 is 0. The van der Waals surface area contributed by atoms with Gasteiger partial charge >= 0.3 is 6.18 Å². The van der Waals surface area contributed by atoms with Crippen LogP contribution in [0.2, 0.25) is 0 Å². The molecule has 0 aromatic carbocycles. The van der Waals surface area contributed by atoms with E-state index in [-0.39, 0.29) is 43.1 Å². The van der Waals surface area contributed by atoms with Gasteiger partial charge in [-0.3, -0.25) is 19.4 Å². The second-order valence-electron chi connectivity index (χ2n) is 8.93. The van der Waals surface area contributed by atoms with Gasteiger partial charge in [0, 0.05) is 37.4 Å². The average Bonchev–Trinajstić information content (AvgIpc) is 3.43. The van der Waals surface area contributed by atoms with Gasteiger partial charge in [-0.1, -0.05) is 0 Å². The monoisotopic (exact) mass is 495 g/mol. The van der Waals surface area contributed by atoms with Gasteiger partial charge in [0.1, 0.15) is 12.1 Å². The molecule has 2 fully saturated rings. The molecule has 0 bridgehead atoms. The van der Waals surface area contributed by atoms with Gasteiger partial charge in [-0.25, -0.2) is 0 Å². The standard InChI is InChI=1S/C22H28F3N7O3/c1-31(2)17-7-18(21(35)30-15(8-26)5-13-3-4-28-20(13)34)32(12-17)19(33)11-29-16-6-14(9-27-10-16)22(23,24)25/h6,9-10,13,15,17-18,29H,3-5,7,11-12H2,1-2H3,(H,28,34)(H,30,35)/t13-,15-,17+,18-/m0/s1. The van der Waals surface area contributed by atoms with E-state index < -0.39 is 35.6 Å². The van der Waals surface area contributed by atoms with Gasteiger partial charge in [0.25, 0.3) is 0 Å². The molecule has 0 radical (unpaired) electrons. The Labute approximate surface area is 200 Å². The zero-order valence-corrected chi connectivity index (χ0v) is 19.4. The quantitative estimate of drug-likeness (QED) is 0.481. The number of nitrogens with one attached hydrogen (secondary N) is 3. The molecule has 0 saturated carbocycles. The molecule has 2 aliphatic heterocycles. The first-order valence-electron chi connectivity index (χ1n) is 11.2. The summed E-state index contributed by atoms with van der Waals surface area (Å²) < 4.78 is 38.8. The third-order valence-corrected chi connectivity index (χ3v) is 6.30. The van der Waals surface area contributed by atoms with Crippen LogP contribution in [-0.4, -0.2) is 84.4 Å². The highest BCUT2D eigenvalue weighted by molar-refractivity contribution is 5.90. The van der Waals surface area contributed by atoms with E-state index >= 15 is 0 Å². The maximum Gasteiger partial charge on any atom is 0.417 e. The van der Waals surface area contributed by atoms with Crippen LogP contribution >= 0.6 is 0 Å². The second kappa shape index (κ2) is 10.9. The van der Waals surface area contributed by atoms with Crippen LogP contribution in [-0.2, 0) is 20.6 Å². The molecule has 3 rings (SSSR count). The van der Waals surface area contributed by atoms with Crippen LogP contribution in [0, 0.1) is 17.2 Å². The number of alkyl halides is 3. The van der Waals surface area contributed by atoms with Gasteiger partial charge in [-0.2, -0.15) is 18.4 Å². The number of nitrogens with zero attached hydrogens (tertiary/aromatic N) is 4. The number of carbonyl (C=O) groups is 3. The van der Waals surface area contributed by atoms with Crippen LogP contribution in [0.1, 0.15) is 24.8 Å². The van der Waals surface area contributed by atoms with Crippen molar-refractivity contribution < 1.29 is 27.6 Å². The minimum absolute atomic E-state index is 0.0249. The van der Waals surface area contributed by atoms with E-state index in [2.05, 4.69) is 20.9 Å². The molecule has 0 spiro atoms. The van der Waals surface area contributed by atoms with Gasteiger partial charge in [-0.05, 0) is 39.4 Å². The summed E-state index contributed by atoms with van der Waals surface area (Å²) in [6, 6.07) is 1.000. The first kappa shape index (κ1) is 26.2. The molecule has 2 aliphatic rings. The Balaban J connectivity index is 1.66. The van der Waals surface area contributed by atoms with Crippen molar-refractivity contribution in [1.29, 1.82) is 5.26 Å². The molecule has 3 N–H and O–H groups in total. The number of carbonyl (C=O) groups excluding carboxylic acids is 3. The van der Waals surface area contributed by atoms with E-state index in [4.69, 9.17) is 0 Å². The van der Waals surface area contributed by atoms with Gasteiger partial charge in [0.2, 0.25) is 17.7 Å².